The topological polar surface area (TPSA) is 32.3 Å². The Morgan fingerprint density at radius 3 is 2.38 bits per heavy atom. The van der Waals surface area contributed by atoms with E-state index in [1.807, 2.05) is 26.0 Å². The van der Waals surface area contributed by atoms with Gasteiger partial charge in [0.15, 0.2) is 0 Å². The molecule has 0 aliphatic carbocycles. The van der Waals surface area contributed by atoms with Gasteiger partial charge in [-0.2, -0.15) is 0 Å². The summed E-state index contributed by atoms with van der Waals surface area (Å²) in [6.45, 7) is 6.62. The van der Waals surface area contributed by atoms with E-state index in [-0.39, 0.29) is 0 Å². The predicted molar refractivity (Wildman–Crippen MR) is 71.5 cm³/mol. The van der Waals surface area contributed by atoms with E-state index in [2.05, 4.69) is 40.3 Å². The van der Waals surface area contributed by atoms with Crippen molar-refractivity contribution in [1.29, 1.82) is 0 Å². The molecule has 2 nitrogen and oxygen atoms in total. The number of halogens is 1. The summed E-state index contributed by atoms with van der Waals surface area (Å²) in [4.78, 5) is 0. The fourth-order valence-electron chi connectivity index (χ4n) is 1.46. The van der Waals surface area contributed by atoms with Crippen molar-refractivity contribution in [3.8, 4) is 0 Å². The molecule has 0 saturated heterocycles. The average Bonchev–Trinajstić information content (AvgIpc) is 2.16. The zero-order chi connectivity index (χ0) is 12.2. The highest BCUT2D eigenvalue weighted by molar-refractivity contribution is 9.10. The lowest BCUT2D eigenvalue weighted by Gasteiger charge is -2.20. The highest BCUT2D eigenvalue weighted by Crippen LogP contribution is 2.16. The van der Waals surface area contributed by atoms with Crippen LogP contribution in [-0.4, -0.2) is 17.3 Å². The van der Waals surface area contributed by atoms with Crippen LogP contribution in [0.2, 0.25) is 0 Å². The van der Waals surface area contributed by atoms with E-state index < -0.39 is 5.60 Å². The summed E-state index contributed by atoms with van der Waals surface area (Å²) >= 11 is 3.42. The quantitative estimate of drug-likeness (QED) is 0.870. The van der Waals surface area contributed by atoms with Gasteiger partial charge in [-0.05, 0) is 51.4 Å². The van der Waals surface area contributed by atoms with Crippen LogP contribution in [0.5, 0.6) is 0 Å². The Morgan fingerprint density at radius 2 is 1.88 bits per heavy atom. The van der Waals surface area contributed by atoms with Crippen LogP contribution in [0.4, 0.5) is 0 Å². The van der Waals surface area contributed by atoms with E-state index in [1.165, 1.54) is 5.56 Å². The third kappa shape index (κ3) is 5.10. The Labute approximate surface area is 106 Å². The van der Waals surface area contributed by atoms with Gasteiger partial charge in [0.2, 0.25) is 0 Å². The van der Waals surface area contributed by atoms with Crippen molar-refractivity contribution in [1.82, 2.24) is 5.32 Å². The molecule has 0 bridgehead atoms. The molecule has 0 fully saturated rings. The largest absolute Gasteiger partial charge is 0.390 e. The van der Waals surface area contributed by atoms with Gasteiger partial charge in [0, 0.05) is 10.5 Å². The Hall–Kier alpha value is -0.380. The van der Waals surface area contributed by atoms with E-state index in [4.69, 9.17) is 0 Å². The van der Waals surface area contributed by atoms with Crippen LogP contribution < -0.4 is 5.32 Å². The van der Waals surface area contributed by atoms with Gasteiger partial charge in [-0.25, -0.2) is 0 Å². The Morgan fingerprint density at radius 1 is 1.31 bits per heavy atom. The summed E-state index contributed by atoms with van der Waals surface area (Å²) in [6, 6.07) is 8.61. The zero-order valence-electron chi connectivity index (χ0n) is 10.1. The van der Waals surface area contributed by atoms with Gasteiger partial charge in [0.25, 0.3) is 0 Å². The van der Waals surface area contributed by atoms with Crippen LogP contribution in [0, 0.1) is 0 Å². The normalized spacial score (nSPS) is 13.8. The standard InChI is InChI=1S/C13H20BrNO/c1-10(15-9-8-13(2,3)16)11-4-6-12(14)7-5-11/h4-7,10,15-16H,8-9H2,1-3H3/t10-/m1/s1. The van der Waals surface area contributed by atoms with Gasteiger partial charge in [-0.15, -0.1) is 0 Å². The monoisotopic (exact) mass is 285 g/mol. The second-order valence-corrected chi connectivity index (χ2v) is 5.71. The molecule has 0 radical (unpaired) electrons. The minimum absolute atomic E-state index is 0.315. The fourth-order valence-corrected chi connectivity index (χ4v) is 1.73. The van der Waals surface area contributed by atoms with Crippen molar-refractivity contribution in [2.45, 2.75) is 38.8 Å². The molecule has 1 aromatic carbocycles. The van der Waals surface area contributed by atoms with Crippen LogP contribution in [0.1, 0.15) is 38.8 Å². The van der Waals surface area contributed by atoms with Gasteiger partial charge < -0.3 is 10.4 Å². The van der Waals surface area contributed by atoms with Crippen LogP contribution in [0.3, 0.4) is 0 Å². The number of rotatable bonds is 5. The molecule has 2 N–H and O–H groups in total. The van der Waals surface area contributed by atoms with E-state index >= 15 is 0 Å². The zero-order valence-corrected chi connectivity index (χ0v) is 11.7. The lowest BCUT2D eigenvalue weighted by atomic mass is 10.0. The minimum atomic E-state index is -0.591. The SMILES string of the molecule is C[C@@H](NCCC(C)(C)O)c1ccc(Br)cc1. The first kappa shape index (κ1) is 13.7. The van der Waals surface area contributed by atoms with E-state index in [0.29, 0.717) is 6.04 Å². The van der Waals surface area contributed by atoms with Gasteiger partial charge in [0.1, 0.15) is 0 Å². The maximum absolute atomic E-state index is 9.59. The maximum atomic E-state index is 9.59. The highest BCUT2D eigenvalue weighted by atomic mass is 79.9. The lowest BCUT2D eigenvalue weighted by molar-refractivity contribution is 0.0705. The van der Waals surface area contributed by atoms with Crippen molar-refractivity contribution in [2.75, 3.05) is 6.54 Å². The molecular formula is C13H20BrNO. The molecular weight excluding hydrogens is 266 g/mol. The van der Waals surface area contributed by atoms with Crippen LogP contribution >= 0.6 is 15.9 Å². The van der Waals surface area contributed by atoms with Gasteiger partial charge in [-0.3, -0.25) is 0 Å². The van der Waals surface area contributed by atoms with E-state index in [9.17, 15) is 5.11 Å². The third-order valence-corrected chi connectivity index (χ3v) is 3.09. The fraction of sp³-hybridized carbons (Fsp3) is 0.538. The van der Waals surface area contributed by atoms with Crippen LogP contribution in [0.15, 0.2) is 28.7 Å². The Bertz CT molecular complexity index is 316. The average molecular weight is 286 g/mol. The lowest BCUT2D eigenvalue weighted by Crippen LogP contribution is -2.28. The summed E-state index contributed by atoms with van der Waals surface area (Å²) in [7, 11) is 0. The van der Waals surface area contributed by atoms with E-state index in [1.54, 1.807) is 0 Å². The molecule has 90 valence electrons. The second kappa shape index (κ2) is 5.80. The summed E-state index contributed by atoms with van der Waals surface area (Å²) in [5, 5.41) is 13.0. The molecule has 3 heteroatoms. The van der Waals surface area contributed by atoms with Gasteiger partial charge in [-0.1, -0.05) is 28.1 Å². The molecule has 1 aromatic rings. The third-order valence-electron chi connectivity index (χ3n) is 2.56. The number of nitrogens with one attached hydrogen (secondary N) is 1. The van der Waals surface area contributed by atoms with Crippen molar-refractivity contribution in [3.63, 3.8) is 0 Å². The Balaban J connectivity index is 2.41. The molecule has 0 aliphatic heterocycles. The summed E-state index contributed by atoms with van der Waals surface area (Å²) < 4.78 is 1.10. The first-order valence-corrected chi connectivity index (χ1v) is 6.39. The molecule has 0 unspecified atom stereocenters. The predicted octanol–water partition coefficient (Wildman–Crippen LogP) is 3.26. The molecule has 0 saturated carbocycles. The van der Waals surface area contributed by atoms with Crippen LogP contribution in [-0.2, 0) is 0 Å². The van der Waals surface area contributed by atoms with Crippen molar-refractivity contribution < 1.29 is 5.11 Å². The first-order chi connectivity index (χ1) is 7.38. The maximum Gasteiger partial charge on any atom is 0.0603 e. The molecule has 1 atom stereocenters. The molecule has 0 amide bonds. The molecule has 0 spiro atoms. The van der Waals surface area contributed by atoms with Crippen LogP contribution in [0.25, 0.3) is 0 Å². The molecule has 0 aliphatic rings. The van der Waals surface area contributed by atoms with Crippen molar-refractivity contribution >= 4 is 15.9 Å². The molecule has 0 aromatic heterocycles. The van der Waals surface area contributed by atoms with Crippen molar-refractivity contribution in [3.05, 3.63) is 34.3 Å². The smallest absolute Gasteiger partial charge is 0.0603 e. The number of aliphatic hydroxyl groups is 1. The number of benzene rings is 1. The van der Waals surface area contributed by atoms with E-state index in [0.717, 1.165) is 17.4 Å². The summed E-state index contributed by atoms with van der Waals surface area (Å²) in [6.07, 6.45) is 0.758. The Kier molecular flexibility index (Phi) is 4.96. The number of hydrogen-bond acceptors (Lipinski definition) is 2. The second-order valence-electron chi connectivity index (χ2n) is 4.79. The summed E-state index contributed by atoms with van der Waals surface area (Å²) in [5.41, 5.74) is 0.672. The summed E-state index contributed by atoms with van der Waals surface area (Å²) in [5.74, 6) is 0. The molecule has 16 heavy (non-hydrogen) atoms. The molecule has 1 rings (SSSR count). The number of hydrogen-bond donors (Lipinski definition) is 2. The van der Waals surface area contributed by atoms with Gasteiger partial charge >= 0.3 is 0 Å². The molecule has 0 heterocycles. The van der Waals surface area contributed by atoms with Crippen molar-refractivity contribution in [2.24, 2.45) is 0 Å². The minimum Gasteiger partial charge on any atom is -0.390 e. The first-order valence-electron chi connectivity index (χ1n) is 5.60. The van der Waals surface area contributed by atoms with Gasteiger partial charge in [0.05, 0.1) is 5.60 Å². The highest BCUT2D eigenvalue weighted by Gasteiger charge is 2.12.